The van der Waals surface area contributed by atoms with Gasteiger partial charge in [-0.15, -0.1) is 0 Å². The van der Waals surface area contributed by atoms with Crippen molar-refractivity contribution in [3.63, 3.8) is 0 Å². The fourth-order valence-corrected chi connectivity index (χ4v) is 1.19. The van der Waals surface area contributed by atoms with Gasteiger partial charge in [0.1, 0.15) is 11.6 Å². The maximum absolute atomic E-state index is 12.6. The molecule has 7 heteroatoms. The summed E-state index contributed by atoms with van der Waals surface area (Å²) in [5, 5.41) is 8.64. The van der Waals surface area contributed by atoms with Crippen LogP contribution < -0.4 is 0 Å². The van der Waals surface area contributed by atoms with Crippen molar-refractivity contribution >= 4 is 5.97 Å². The van der Waals surface area contributed by atoms with E-state index in [1.54, 1.807) is 0 Å². The number of esters is 1. The van der Waals surface area contributed by atoms with E-state index in [2.05, 4.69) is 9.72 Å². The molecule has 0 unspecified atom stereocenters. The molecule has 0 aliphatic rings. The Balaban J connectivity index is 3.42. The minimum absolute atomic E-state index is 0.0874. The van der Waals surface area contributed by atoms with Gasteiger partial charge in [-0.1, -0.05) is 0 Å². The van der Waals surface area contributed by atoms with Crippen molar-refractivity contribution in [3.8, 4) is 6.07 Å². The molecule has 1 aromatic heterocycles. The minimum Gasteiger partial charge on any atom is -0.462 e. The van der Waals surface area contributed by atoms with Gasteiger partial charge in [0.2, 0.25) is 0 Å². The normalized spacial score (nSPS) is 10.8. The number of nitriles is 1. The standard InChI is InChI=1S/C10H7F3N2O2/c1-2-17-9(16)8-6(10(11,12)13)3-4-15-7(8)5-14/h3-4H,2H2,1H3. The molecule has 0 fully saturated rings. The van der Waals surface area contributed by atoms with Gasteiger partial charge in [0, 0.05) is 6.20 Å². The zero-order chi connectivity index (χ0) is 13.1. The zero-order valence-corrected chi connectivity index (χ0v) is 8.71. The molecule has 0 saturated carbocycles. The average molecular weight is 244 g/mol. The molecule has 90 valence electrons. The molecular weight excluding hydrogens is 237 g/mol. The topological polar surface area (TPSA) is 63.0 Å². The van der Waals surface area contributed by atoms with Crippen LogP contribution in [-0.4, -0.2) is 17.6 Å². The predicted molar refractivity (Wildman–Crippen MR) is 49.9 cm³/mol. The summed E-state index contributed by atoms with van der Waals surface area (Å²) >= 11 is 0. The summed E-state index contributed by atoms with van der Waals surface area (Å²) in [4.78, 5) is 14.8. The molecule has 0 saturated heterocycles. The fraction of sp³-hybridized carbons (Fsp3) is 0.300. The van der Waals surface area contributed by atoms with E-state index in [-0.39, 0.29) is 6.61 Å². The number of carbonyl (C=O) groups excluding carboxylic acids is 1. The van der Waals surface area contributed by atoms with Crippen molar-refractivity contribution in [1.82, 2.24) is 4.98 Å². The Morgan fingerprint density at radius 1 is 1.59 bits per heavy atom. The van der Waals surface area contributed by atoms with E-state index in [0.29, 0.717) is 6.07 Å². The van der Waals surface area contributed by atoms with Gasteiger partial charge in [0.15, 0.2) is 5.69 Å². The van der Waals surface area contributed by atoms with Crippen LogP contribution in [0.3, 0.4) is 0 Å². The summed E-state index contributed by atoms with van der Waals surface area (Å²) in [6.07, 6.45) is -3.92. The molecule has 0 amide bonds. The first-order chi connectivity index (χ1) is 7.91. The number of pyridine rings is 1. The highest BCUT2D eigenvalue weighted by Crippen LogP contribution is 2.32. The molecule has 0 N–H and O–H groups in total. The first-order valence-electron chi connectivity index (χ1n) is 4.55. The molecular formula is C10H7F3N2O2. The van der Waals surface area contributed by atoms with Crippen LogP contribution in [-0.2, 0) is 10.9 Å². The first kappa shape index (κ1) is 13.0. The lowest BCUT2D eigenvalue weighted by Gasteiger charge is -2.12. The molecule has 0 spiro atoms. The smallest absolute Gasteiger partial charge is 0.417 e. The first-order valence-corrected chi connectivity index (χ1v) is 4.55. The van der Waals surface area contributed by atoms with Crippen molar-refractivity contribution in [1.29, 1.82) is 5.26 Å². The maximum atomic E-state index is 12.6. The molecule has 4 nitrogen and oxygen atoms in total. The van der Waals surface area contributed by atoms with Crippen molar-refractivity contribution in [3.05, 3.63) is 29.1 Å². The third kappa shape index (κ3) is 2.72. The van der Waals surface area contributed by atoms with Gasteiger partial charge in [-0.2, -0.15) is 18.4 Å². The summed E-state index contributed by atoms with van der Waals surface area (Å²) in [7, 11) is 0. The van der Waals surface area contributed by atoms with Crippen LogP contribution in [0.4, 0.5) is 13.2 Å². The highest BCUT2D eigenvalue weighted by molar-refractivity contribution is 5.93. The maximum Gasteiger partial charge on any atom is 0.417 e. The van der Waals surface area contributed by atoms with Crippen LogP contribution in [0.1, 0.15) is 28.5 Å². The number of hydrogen-bond donors (Lipinski definition) is 0. The van der Waals surface area contributed by atoms with E-state index in [1.165, 1.54) is 13.0 Å². The van der Waals surface area contributed by atoms with Crippen LogP contribution in [0.15, 0.2) is 12.3 Å². The van der Waals surface area contributed by atoms with Gasteiger partial charge >= 0.3 is 12.1 Å². The van der Waals surface area contributed by atoms with Crippen LogP contribution in [0.5, 0.6) is 0 Å². The van der Waals surface area contributed by atoms with Crippen LogP contribution >= 0.6 is 0 Å². The van der Waals surface area contributed by atoms with Crippen molar-refractivity contribution in [2.45, 2.75) is 13.1 Å². The van der Waals surface area contributed by atoms with Gasteiger partial charge in [-0.3, -0.25) is 0 Å². The van der Waals surface area contributed by atoms with Gasteiger partial charge in [-0.25, -0.2) is 9.78 Å². The number of hydrogen-bond acceptors (Lipinski definition) is 4. The number of halogens is 3. The highest BCUT2D eigenvalue weighted by atomic mass is 19.4. The molecule has 0 aliphatic carbocycles. The van der Waals surface area contributed by atoms with Crippen molar-refractivity contribution in [2.75, 3.05) is 6.61 Å². The second-order valence-corrected chi connectivity index (χ2v) is 2.91. The van der Waals surface area contributed by atoms with Crippen LogP contribution in [0.25, 0.3) is 0 Å². The van der Waals surface area contributed by atoms with E-state index in [4.69, 9.17) is 5.26 Å². The molecule has 17 heavy (non-hydrogen) atoms. The summed E-state index contributed by atoms with van der Waals surface area (Å²) in [5.41, 5.74) is -2.66. The Hall–Kier alpha value is -2.10. The highest BCUT2D eigenvalue weighted by Gasteiger charge is 2.37. The molecule has 1 heterocycles. The summed E-state index contributed by atoms with van der Waals surface area (Å²) < 4.78 is 42.3. The zero-order valence-electron chi connectivity index (χ0n) is 8.71. The third-order valence-corrected chi connectivity index (χ3v) is 1.84. The molecule has 1 rings (SSSR count). The van der Waals surface area contributed by atoms with Gasteiger partial charge in [0.25, 0.3) is 0 Å². The molecule has 1 aromatic rings. The second kappa shape index (κ2) is 4.82. The largest absolute Gasteiger partial charge is 0.462 e. The van der Waals surface area contributed by atoms with E-state index in [0.717, 1.165) is 6.20 Å². The summed E-state index contributed by atoms with van der Waals surface area (Å²) in [6.45, 7) is 1.36. The number of nitrogens with zero attached hydrogens (tertiary/aromatic N) is 2. The Morgan fingerprint density at radius 3 is 2.71 bits per heavy atom. The molecule has 0 aliphatic heterocycles. The Labute approximate surface area is 94.6 Å². The monoisotopic (exact) mass is 244 g/mol. The van der Waals surface area contributed by atoms with Crippen LogP contribution in [0.2, 0.25) is 0 Å². The number of ether oxygens (including phenoxy) is 1. The molecule has 0 radical (unpaired) electrons. The SMILES string of the molecule is CCOC(=O)c1c(C(F)(F)F)ccnc1C#N. The molecule has 0 bridgehead atoms. The number of alkyl halides is 3. The minimum atomic E-state index is -4.74. The van der Waals surface area contributed by atoms with Crippen molar-refractivity contribution < 1.29 is 22.7 Å². The quantitative estimate of drug-likeness (QED) is 0.748. The molecule has 0 atom stereocenters. The lowest BCUT2D eigenvalue weighted by molar-refractivity contribution is -0.138. The van der Waals surface area contributed by atoms with E-state index in [1.807, 2.05) is 0 Å². The second-order valence-electron chi connectivity index (χ2n) is 2.91. The van der Waals surface area contributed by atoms with E-state index >= 15 is 0 Å². The van der Waals surface area contributed by atoms with Gasteiger partial charge < -0.3 is 4.74 Å². The Bertz CT molecular complexity index is 477. The number of aromatic nitrogens is 1. The van der Waals surface area contributed by atoms with Gasteiger partial charge in [-0.05, 0) is 13.0 Å². The fourth-order valence-electron chi connectivity index (χ4n) is 1.19. The third-order valence-electron chi connectivity index (χ3n) is 1.84. The average Bonchev–Trinajstić information content (AvgIpc) is 2.27. The van der Waals surface area contributed by atoms with E-state index in [9.17, 15) is 18.0 Å². The lowest BCUT2D eigenvalue weighted by atomic mass is 10.1. The van der Waals surface area contributed by atoms with E-state index < -0.39 is 29.0 Å². The predicted octanol–water partition coefficient (Wildman–Crippen LogP) is 2.15. The number of carbonyl (C=O) groups is 1. The van der Waals surface area contributed by atoms with Crippen LogP contribution in [0, 0.1) is 11.3 Å². The summed E-state index contributed by atoms with van der Waals surface area (Å²) in [5.74, 6) is -1.20. The lowest BCUT2D eigenvalue weighted by Crippen LogP contribution is -2.17. The van der Waals surface area contributed by atoms with Gasteiger partial charge in [0.05, 0.1) is 12.2 Å². The summed E-state index contributed by atoms with van der Waals surface area (Å²) in [6, 6.07) is 2.07. The van der Waals surface area contributed by atoms with Crippen molar-refractivity contribution in [2.24, 2.45) is 0 Å². The Morgan fingerprint density at radius 2 is 2.24 bits per heavy atom. The number of rotatable bonds is 2. The molecule has 0 aromatic carbocycles. The Kier molecular flexibility index (Phi) is 3.68.